The highest BCUT2D eigenvalue weighted by atomic mass is 79.9. The minimum Gasteiger partial charge on any atom is -0.355 e. The Morgan fingerprint density at radius 1 is 1.21 bits per heavy atom. The first-order valence-corrected chi connectivity index (χ1v) is 8.87. The zero-order chi connectivity index (χ0) is 16.4. The Morgan fingerprint density at radius 2 is 2.04 bits per heavy atom. The van der Waals surface area contributed by atoms with Gasteiger partial charge in [0.05, 0.1) is 16.9 Å². The molecule has 5 rings (SSSR count). The lowest BCUT2D eigenvalue weighted by Gasteiger charge is -2.46. The van der Waals surface area contributed by atoms with E-state index in [1.807, 2.05) is 29.2 Å². The first-order valence-electron chi connectivity index (χ1n) is 8.08. The summed E-state index contributed by atoms with van der Waals surface area (Å²) in [7, 11) is 2.07. The molecule has 1 aromatic heterocycles. The summed E-state index contributed by atoms with van der Waals surface area (Å²) in [6.07, 6.45) is 0.820. The van der Waals surface area contributed by atoms with Gasteiger partial charge in [-0.1, -0.05) is 34.1 Å². The minimum absolute atomic E-state index is 0.0673. The maximum atomic E-state index is 13.0. The second-order valence-corrected chi connectivity index (χ2v) is 7.37. The van der Waals surface area contributed by atoms with Crippen LogP contribution in [0.2, 0.25) is 0 Å². The molecule has 0 saturated heterocycles. The molecule has 1 atom stereocenters. The summed E-state index contributed by atoms with van der Waals surface area (Å²) in [5.74, 6) is 0.110. The second-order valence-electron chi connectivity index (χ2n) is 6.46. The predicted molar refractivity (Wildman–Crippen MR) is 98.3 cm³/mol. The maximum absolute atomic E-state index is 13.0. The van der Waals surface area contributed by atoms with Crippen molar-refractivity contribution in [3.63, 3.8) is 0 Å². The molecule has 0 fully saturated rings. The summed E-state index contributed by atoms with van der Waals surface area (Å²) in [4.78, 5) is 20.8. The van der Waals surface area contributed by atoms with E-state index in [1.165, 1.54) is 10.9 Å². The van der Waals surface area contributed by atoms with Gasteiger partial charge in [0.2, 0.25) is 0 Å². The van der Waals surface area contributed by atoms with E-state index in [1.54, 1.807) is 0 Å². The number of carbonyl (C=O) groups excluding carboxylic acids is 1. The maximum Gasteiger partial charge on any atom is 0.257 e. The molecule has 1 N–H and O–H groups in total. The molecule has 2 aliphatic rings. The number of hydrogen-bond donors (Lipinski definition) is 1. The van der Waals surface area contributed by atoms with Crippen molar-refractivity contribution in [1.29, 1.82) is 0 Å². The Labute approximate surface area is 148 Å². The van der Waals surface area contributed by atoms with Crippen LogP contribution in [0.15, 0.2) is 46.9 Å². The Kier molecular flexibility index (Phi) is 2.86. The van der Waals surface area contributed by atoms with Crippen LogP contribution < -0.4 is 4.90 Å². The fourth-order valence-corrected chi connectivity index (χ4v) is 4.47. The summed E-state index contributed by atoms with van der Waals surface area (Å²) >= 11 is 3.48. The predicted octanol–water partition coefficient (Wildman–Crippen LogP) is 4.08. The fraction of sp³-hybridized carbons (Fsp3) is 0.211. The molecule has 0 bridgehead atoms. The van der Waals surface area contributed by atoms with Crippen molar-refractivity contribution in [2.75, 3.05) is 18.5 Å². The van der Waals surface area contributed by atoms with Gasteiger partial charge in [-0.2, -0.15) is 0 Å². The lowest BCUT2D eigenvalue weighted by molar-refractivity contribution is 0.0634. The van der Waals surface area contributed by atoms with E-state index in [-0.39, 0.29) is 12.1 Å². The van der Waals surface area contributed by atoms with Crippen LogP contribution in [-0.4, -0.2) is 29.4 Å². The van der Waals surface area contributed by atoms with E-state index >= 15 is 0 Å². The Morgan fingerprint density at radius 3 is 2.92 bits per heavy atom. The number of aromatic nitrogens is 1. The monoisotopic (exact) mass is 381 g/mol. The van der Waals surface area contributed by atoms with Gasteiger partial charge in [-0.05, 0) is 36.2 Å². The summed E-state index contributed by atoms with van der Waals surface area (Å²) in [6.45, 7) is 0.745. The number of anilines is 1. The molecule has 2 aromatic carbocycles. The fourth-order valence-electron chi connectivity index (χ4n) is 4.11. The van der Waals surface area contributed by atoms with E-state index in [4.69, 9.17) is 0 Å². The molecule has 24 heavy (non-hydrogen) atoms. The molecule has 2 aliphatic heterocycles. The number of fused-ring (bicyclic) bond motifs is 6. The van der Waals surface area contributed by atoms with Crippen molar-refractivity contribution in [3.05, 3.63) is 63.8 Å². The highest BCUT2D eigenvalue weighted by Crippen LogP contribution is 2.43. The van der Waals surface area contributed by atoms with Crippen LogP contribution in [0.1, 0.15) is 27.8 Å². The molecule has 3 heterocycles. The summed E-state index contributed by atoms with van der Waals surface area (Å²) in [5, 5.41) is 1.27. The largest absolute Gasteiger partial charge is 0.355 e. The number of aromatic amines is 1. The zero-order valence-corrected chi connectivity index (χ0v) is 14.8. The molecule has 3 aromatic rings. The molecule has 4 nitrogen and oxygen atoms in total. The SMILES string of the molecule is CN1c2ccc(Br)cc2C(=O)N2CCc3c([nH]c4ccccc34)[C@H]21. The third kappa shape index (κ3) is 1.76. The van der Waals surface area contributed by atoms with Gasteiger partial charge >= 0.3 is 0 Å². The molecule has 0 aliphatic carbocycles. The molecule has 0 saturated carbocycles. The number of nitrogens with one attached hydrogen (secondary N) is 1. The van der Waals surface area contributed by atoms with Gasteiger partial charge in [0.25, 0.3) is 5.91 Å². The smallest absolute Gasteiger partial charge is 0.257 e. The van der Waals surface area contributed by atoms with Gasteiger partial charge in [-0.3, -0.25) is 4.79 Å². The molecule has 120 valence electrons. The number of carbonyl (C=O) groups is 1. The van der Waals surface area contributed by atoms with Crippen LogP contribution in [0.25, 0.3) is 10.9 Å². The van der Waals surface area contributed by atoms with Crippen LogP contribution in [0.4, 0.5) is 5.69 Å². The number of rotatable bonds is 0. The first-order chi connectivity index (χ1) is 11.6. The number of halogens is 1. The lowest BCUT2D eigenvalue weighted by atomic mass is 9.96. The lowest BCUT2D eigenvalue weighted by Crippen LogP contribution is -2.51. The molecule has 1 amide bonds. The van der Waals surface area contributed by atoms with Crippen molar-refractivity contribution in [1.82, 2.24) is 9.88 Å². The highest BCUT2D eigenvalue weighted by Gasteiger charge is 2.41. The molecule has 5 heteroatoms. The zero-order valence-electron chi connectivity index (χ0n) is 13.2. The van der Waals surface area contributed by atoms with Gasteiger partial charge in [-0.25, -0.2) is 0 Å². The van der Waals surface area contributed by atoms with Gasteiger partial charge in [0.1, 0.15) is 6.17 Å². The number of H-pyrrole nitrogens is 1. The van der Waals surface area contributed by atoms with Crippen LogP contribution in [-0.2, 0) is 6.42 Å². The second kappa shape index (κ2) is 4.86. The highest BCUT2D eigenvalue weighted by molar-refractivity contribution is 9.10. The van der Waals surface area contributed by atoms with Crippen molar-refractivity contribution in [3.8, 4) is 0 Å². The number of nitrogens with zero attached hydrogens (tertiary/aromatic N) is 2. The molecule has 0 spiro atoms. The van der Waals surface area contributed by atoms with Gasteiger partial charge in [0.15, 0.2) is 0 Å². The number of para-hydroxylation sites is 1. The average Bonchev–Trinajstić information content (AvgIpc) is 2.97. The summed E-state index contributed by atoms with van der Waals surface area (Å²) < 4.78 is 0.935. The molecule has 0 unspecified atom stereocenters. The molecular formula is C19H16BrN3O. The summed E-state index contributed by atoms with van der Waals surface area (Å²) in [5.41, 5.74) is 5.38. The van der Waals surface area contributed by atoms with Crippen molar-refractivity contribution < 1.29 is 4.79 Å². The number of hydrogen-bond acceptors (Lipinski definition) is 2. The Balaban J connectivity index is 1.73. The third-order valence-electron chi connectivity index (χ3n) is 5.20. The van der Waals surface area contributed by atoms with Crippen LogP contribution in [0.5, 0.6) is 0 Å². The average molecular weight is 382 g/mol. The standard InChI is InChI=1S/C19H16BrN3O/c1-22-16-7-6-11(20)10-14(16)19(24)23-9-8-13-12-4-2-3-5-15(12)21-17(13)18(22)23/h2-7,10,18,21H,8-9H2,1H3/t18-/m0/s1. The third-order valence-corrected chi connectivity index (χ3v) is 5.69. The van der Waals surface area contributed by atoms with Gasteiger partial charge < -0.3 is 14.8 Å². The number of amides is 1. The Bertz CT molecular complexity index is 993. The van der Waals surface area contributed by atoms with Crippen LogP contribution in [0.3, 0.4) is 0 Å². The van der Waals surface area contributed by atoms with E-state index in [2.05, 4.69) is 51.1 Å². The van der Waals surface area contributed by atoms with Crippen molar-refractivity contribution in [2.24, 2.45) is 0 Å². The van der Waals surface area contributed by atoms with E-state index in [0.717, 1.165) is 39.9 Å². The van der Waals surface area contributed by atoms with E-state index in [0.29, 0.717) is 0 Å². The van der Waals surface area contributed by atoms with E-state index < -0.39 is 0 Å². The number of benzene rings is 2. The van der Waals surface area contributed by atoms with Crippen molar-refractivity contribution in [2.45, 2.75) is 12.6 Å². The summed E-state index contributed by atoms with van der Waals surface area (Å²) in [6, 6.07) is 14.3. The van der Waals surface area contributed by atoms with Crippen LogP contribution >= 0.6 is 15.9 Å². The minimum atomic E-state index is -0.0673. The molecule has 0 radical (unpaired) electrons. The Hall–Kier alpha value is -2.27. The topological polar surface area (TPSA) is 39.3 Å². The van der Waals surface area contributed by atoms with Crippen molar-refractivity contribution >= 4 is 38.4 Å². The normalized spacial score (nSPS) is 19.2. The first kappa shape index (κ1) is 14.1. The van der Waals surface area contributed by atoms with Gasteiger partial charge in [-0.15, -0.1) is 0 Å². The van der Waals surface area contributed by atoms with Gasteiger partial charge in [0, 0.05) is 29.0 Å². The quantitative estimate of drug-likeness (QED) is 0.637. The molecular weight excluding hydrogens is 366 g/mol. The van der Waals surface area contributed by atoms with E-state index in [9.17, 15) is 4.79 Å². The van der Waals surface area contributed by atoms with Crippen LogP contribution in [0, 0.1) is 0 Å².